The van der Waals surface area contributed by atoms with E-state index in [0.717, 1.165) is 14.8 Å². The van der Waals surface area contributed by atoms with Gasteiger partial charge in [-0.2, -0.15) is 10.5 Å². The van der Waals surface area contributed by atoms with Crippen LogP contribution in [0.5, 0.6) is 0 Å². The van der Waals surface area contributed by atoms with Crippen LogP contribution in [0.3, 0.4) is 0 Å². The molecule has 2 heterocycles. The summed E-state index contributed by atoms with van der Waals surface area (Å²) in [6.45, 7) is 1.00. The molecule has 3 aromatic rings. The van der Waals surface area contributed by atoms with Gasteiger partial charge in [-0.3, -0.25) is 0 Å². The summed E-state index contributed by atoms with van der Waals surface area (Å²) in [5, 5.41) is 17.0. The third kappa shape index (κ3) is 4.35. The molecule has 0 radical (unpaired) electrons. The highest BCUT2D eigenvalue weighted by atomic mass is 127. The van der Waals surface area contributed by atoms with E-state index in [2.05, 4.69) is 4.98 Å². The lowest BCUT2D eigenvalue weighted by Gasteiger charge is -2.26. The zero-order valence-corrected chi connectivity index (χ0v) is 16.6. The Morgan fingerprint density at radius 3 is 2.39 bits per heavy atom. The van der Waals surface area contributed by atoms with Gasteiger partial charge in [0.1, 0.15) is 23.8 Å². The number of fused-ring (bicyclic) bond motifs is 1. The van der Waals surface area contributed by atoms with Crippen LogP contribution in [0.1, 0.15) is 28.4 Å². The molecule has 0 saturated heterocycles. The Kier molecular flexibility index (Phi) is 6.34. The summed E-state index contributed by atoms with van der Waals surface area (Å²) in [5.74, 6) is -0.948. The van der Waals surface area contributed by atoms with E-state index in [4.69, 9.17) is 15.3 Å². The van der Waals surface area contributed by atoms with E-state index in [-0.39, 0.29) is 17.2 Å². The maximum absolute atomic E-state index is 13.6. The standard InChI is InChI=1S/C13H10FN3O.C7H3FIN/c14-12-3-9(1-2-10(12)4-15)13-7-18-6-11-5-16-8-17(11)13;8-7-3-6(9)2-1-5(7)4-10/h1-3,5,8,13H,6-7H2;1-3H. The van der Waals surface area contributed by atoms with Crippen molar-refractivity contribution in [1.82, 2.24) is 9.55 Å². The van der Waals surface area contributed by atoms with Crippen LogP contribution < -0.4 is 0 Å². The van der Waals surface area contributed by atoms with Crippen LogP contribution in [-0.4, -0.2) is 16.2 Å². The number of benzene rings is 2. The van der Waals surface area contributed by atoms with Crippen molar-refractivity contribution in [2.75, 3.05) is 6.61 Å². The first-order valence-electron chi connectivity index (χ1n) is 8.16. The quantitative estimate of drug-likeness (QED) is 0.477. The van der Waals surface area contributed by atoms with Gasteiger partial charge in [0.2, 0.25) is 0 Å². The maximum atomic E-state index is 13.6. The molecule has 0 amide bonds. The molecule has 0 N–H and O–H groups in total. The smallest absolute Gasteiger partial charge is 0.142 e. The Balaban J connectivity index is 0.000000192. The van der Waals surface area contributed by atoms with Gasteiger partial charge in [-0.1, -0.05) is 6.07 Å². The Morgan fingerprint density at radius 2 is 1.75 bits per heavy atom. The van der Waals surface area contributed by atoms with Gasteiger partial charge in [0, 0.05) is 3.57 Å². The molecule has 0 aliphatic carbocycles. The number of nitriles is 2. The zero-order valence-electron chi connectivity index (χ0n) is 14.4. The second kappa shape index (κ2) is 8.91. The lowest BCUT2D eigenvalue weighted by molar-refractivity contribution is 0.0695. The molecule has 1 aromatic heterocycles. The molecule has 0 bridgehead atoms. The second-order valence-electron chi connectivity index (χ2n) is 5.91. The normalized spacial score (nSPS) is 14.8. The van der Waals surface area contributed by atoms with Crippen molar-refractivity contribution >= 4 is 22.6 Å². The van der Waals surface area contributed by atoms with E-state index in [0.29, 0.717) is 13.2 Å². The van der Waals surface area contributed by atoms with E-state index in [1.54, 1.807) is 30.7 Å². The highest BCUT2D eigenvalue weighted by molar-refractivity contribution is 14.1. The number of nitrogens with zero attached hydrogens (tertiary/aromatic N) is 4. The van der Waals surface area contributed by atoms with Crippen molar-refractivity contribution in [1.29, 1.82) is 10.5 Å². The van der Waals surface area contributed by atoms with E-state index in [1.807, 2.05) is 33.2 Å². The van der Waals surface area contributed by atoms with E-state index in [1.165, 1.54) is 24.3 Å². The summed E-state index contributed by atoms with van der Waals surface area (Å²) < 4.78 is 34.5. The van der Waals surface area contributed by atoms with Gasteiger partial charge >= 0.3 is 0 Å². The number of hydrogen-bond donors (Lipinski definition) is 0. The van der Waals surface area contributed by atoms with Crippen LogP contribution in [0.25, 0.3) is 0 Å². The predicted molar refractivity (Wildman–Crippen MR) is 105 cm³/mol. The lowest BCUT2D eigenvalue weighted by Crippen LogP contribution is -2.23. The largest absolute Gasteiger partial charge is 0.373 e. The number of halogens is 3. The molecule has 1 aliphatic heterocycles. The van der Waals surface area contributed by atoms with Crippen molar-refractivity contribution in [3.05, 3.63) is 86.5 Å². The molecule has 1 aliphatic rings. The minimum absolute atomic E-state index is 0.0568. The van der Waals surface area contributed by atoms with Crippen molar-refractivity contribution in [3.8, 4) is 12.1 Å². The number of ether oxygens (including phenoxy) is 1. The summed E-state index contributed by atoms with van der Waals surface area (Å²) >= 11 is 1.99. The predicted octanol–water partition coefficient (Wildman–Crippen LogP) is 4.32. The van der Waals surface area contributed by atoms with Crippen molar-refractivity contribution < 1.29 is 13.5 Å². The molecule has 1 unspecified atom stereocenters. The van der Waals surface area contributed by atoms with Crippen LogP contribution >= 0.6 is 22.6 Å². The summed E-state index contributed by atoms with van der Waals surface area (Å²) in [6.07, 6.45) is 3.46. The highest BCUT2D eigenvalue weighted by Gasteiger charge is 2.22. The molecular formula is C20H13F2IN4O. The Morgan fingerprint density at radius 1 is 1.07 bits per heavy atom. The average molecular weight is 490 g/mol. The molecule has 0 saturated carbocycles. The van der Waals surface area contributed by atoms with Crippen LogP contribution in [0, 0.1) is 37.9 Å². The molecule has 140 valence electrons. The number of aromatic nitrogens is 2. The second-order valence-corrected chi connectivity index (χ2v) is 7.16. The summed E-state index contributed by atoms with van der Waals surface area (Å²) in [6, 6.07) is 12.6. The fourth-order valence-electron chi connectivity index (χ4n) is 2.75. The van der Waals surface area contributed by atoms with Crippen molar-refractivity contribution in [3.63, 3.8) is 0 Å². The minimum atomic E-state index is -0.498. The molecule has 2 aromatic carbocycles. The van der Waals surface area contributed by atoms with E-state index >= 15 is 0 Å². The summed E-state index contributed by atoms with van der Waals surface area (Å²) in [7, 11) is 0. The minimum Gasteiger partial charge on any atom is -0.373 e. The van der Waals surface area contributed by atoms with Crippen LogP contribution in [0.15, 0.2) is 48.9 Å². The summed E-state index contributed by atoms with van der Waals surface area (Å²) in [4.78, 5) is 4.07. The summed E-state index contributed by atoms with van der Waals surface area (Å²) in [5.41, 5.74) is 1.91. The number of hydrogen-bond acceptors (Lipinski definition) is 4. The van der Waals surface area contributed by atoms with E-state index < -0.39 is 11.6 Å². The maximum Gasteiger partial charge on any atom is 0.142 e. The van der Waals surface area contributed by atoms with Crippen LogP contribution in [-0.2, 0) is 11.3 Å². The first kappa shape index (κ1) is 19.9. The molecule has 8 heteroatoms. The van der Waals surface area contributed by atoms with Crippen molar-refractivity contribution in [2.45, 2.75) is 12.6 Å². The Labute approximate surface area is 174 Å². The third-order valence-corrected chi connectivity index (χ3v) is 4.83. The van der Waals surface area contributed by atoms with E-state index in [9.17, 15) is 8.78 Å². The first-order valence-corrected chi connectivity index (χ1v) is 9.24. The highest BCUT2D eigenvalue weighted by Crippen LogP contribution is 2.26. The monoisotopic (exact) mass is 490 g/mol. The fourth-order valence-corrected chi connectivity index (χ4v) is 3.20. The van der Waals surface area contributed by atoms with Crippen LogP contribution in [0.4, 0.5) is 8.78 Å². The van der Waals surface area contributed by atoms with Gasteiger partial charge in [-0.05, 0) is 58.5 Å². The van der Waals surface area contributed by atoms with Gasteiger partial charge in [0.25, 0.3) is 0 Å². The van der Waals surface area contributed by atoms with Gasteiger partial charge in [-0.25, -0.2) is 13.8 Å². The Bertz CT molecular complexity index is 1080. The molecule has 1 atom stereocenters. The van der Waals surface area contributed by atoms with Gasteiger partial charge in [0.05, 0.1) is 48.6 Å². The van der Waals surface area contributed by atoms with Gasteiger partial charge < -0.3 is 9.30 Å². The SMILES string of the molecule is N#Cc1ccc(C2COCc3cncn32)cc1F.N#Cc1ccc(I)cc1F. The van der Waals surface area contributed by atoms with Gasteiger partial charge in [0.15, 0.2) is 0 Å². The topological polar surface area (TPSA) is 74.6 Å². The zero-order chi connectivity index (χ0) is 20.1. The molecule has 5 nitrogen and oxygen atoms in total. The molecule has 4 rings (SSSR count). The fraction of sp³-hybridized carbons (Fsp3) is 0.150. The lowest BCUT2D eigenvalue weighted by atomic mass is 10.0. The molecular weight excluding hydrogens is 477 g/mol. The first-order chi connectivity index (χ1) is 13.5. The van der Waals surface area contributed by atoms with Crippen molar-refractivity contribution in [2.24, 2.45) is 0 Å². The molecule has 0 spiro atoms. The van der Waals surface area contributed by atoms with Crippen LogP contribution in [0.2, 0.25) is 0 Å². The number of imidazole rings is 1. The third-order valence-electron chi connectivity index (χ3n) is 4.16. The molecule has 0 fully saturated rings. The average Bonchev–Trinajstić information content (AvgIpc) is 3.17. The number of rotatable bonds is 1. The Hall–Kier alpha value is -2.82. The molecule has 28 heavy (non-hydrogen) atoms. The van der Waals surface area contributed by atoms with Gasteiger partial charge in [-0.15, -0.1) is 0 Å².